The number of hydrogen-bond acceptors (Lipinski definition) is 5. The van der Waals surface area contributed by atoms with Crippen LogP contribution in [0.15, 0.2) is 60.7 Å². The van der Waals surface area contributed by atoms with Crippen molar-refractivity contribution in [2.24, 2.45) is 0 Å². The van der Waals surface area contributed by atoms with E-state index in [1.807, 2.05) is 42.5 Å². The Bertz CT molecular complexity index is 972. The predicted molar refractivity (Wildman–Crippen MR) is 102 cm³/mol. The first-order chi connectivity index (χ1) is 13.1. The molecule has 0 unspecified atom stereocenters. The van der Waals surface area contributed by atoms with Crippen LogP contribution in [-0.2, 0) is 16.0 Å². The van der Waals surface area contributed by atoms with E-state index in [1.165, 1.54) is 14.2 Å². The van der Waals surface area contributed by atoms with Gasteiger partial charge in [-0.05, 0) is 28.5 Å². The van der Waals surface area contributed by atoms with Gasteiger partial charge in [-0.15, -0.1) is 0 Å². The van der Waals surface area contributed by atoms with Gasteiger partial charge in [-0.3, -0.25) is 9.59 Å². The molecule has 0 amide bonds. The molecule has 0 heterocycles. The Labute approximate surface area is 157 Å². The number of fused-ring (bicyclic) bond motifs is 1. The average molecular weight is 364 g/mol. The second kappa shape index (κ2) is 8.36. The zero-order valence-corrected chi connectivity index (χ0v) is 15.2. The standard InChI is InChI=1S/C22H20O5/c1-25-17-10-11-19(21(13-17)26-2)20(23)14-27-22(24)12-16-8-5-7-15-6-3-4-9-18(15)16/h3-11,13H,12,14H2,1-2H3. The van der Waals surface area contributed by atoms with E-state index >= 15 is 0 Å². The molecular weight excluding hydrogens is 344 g/mol. The Hall–Kier alpha value is -3.34. The first-order valence-electron chi connectivity index (χ1n) is 8.50. The lowest BCUT2D eigenvalue weighted by Gasteiger charge is -2.10. The van der Waals surface area contributed by atoms with Crippen molar-refractivity contribution in [1.29, 1.82) is 0 Å². The van der Waals surface area contributed by atoms with Crippen LogP contribution in [0.4, 0.5) is 0 Å². The number of methoxy groups -OCH3 is 2. The second-order valence-electron chi connectivity index (χ2n) is 5.97. The first kappa shape index (κ1) is 18.5. The number of benzene rings is 3. The fourth-order valence-corrected chi connectivity index (χ4v) is 2.91. The van der Waals surface area contributed by atoms with Gasteiger partial charge in [0.1, 0.15) is 11.5 Å². The molecule has 0 aromatic heterocycles. The molecule has 5 nitrogen and oxygen atoms in total. The zero-order valence-electron chi connectivity index (χ0n) is 15.2. The fraction of sp³-hybridized carbons (Fsp3) is 0.182. The van der Waals surface area contributed by atoms with Crippen LogP contribution in [0.25, 0.3) is 10.8 Å². The molecule has 0 bridgehead atoms. The molecule has 0 aliphatic carbocycles. The molecular formula is C22H20O5. The first-order valence-corrected chi connectivity index (χ1v) is 8.50. The van der Waals surface area contributed by atoms with E-state index in [0.717, 1.165) is 16.3 Å². The fourth-order valence-electron chi connectivity index (χ4n) is 2.91. The SMILES string of the molecule is COc1ccc(C(=O)COC(=O)Cc2cccc3ccccc23)c(OC)c1. The maximum absolute atomic E-state index is 12.4. The highest BCUT2D eigenvalue weighted by molar-refractivity contribution is 6.00. The molecule has 27 heavy (non-hydrogen) atoms. The Kier molecular flexibility index (Phi) is 5.71. The molecule has 0 radical (unpaired) electrons. The van der Waals surface area contributed by atoms with E-state index < -0.39 is 5.97 Å². The van der Waals surface area contributed by atoms with Gasteiger partial charge in [-0.1, -0.05) is 42.5 Å². The zero-order chi connectivity index (χ0) is 19.2. The highest BCUT2D eigenvalue weighted by Crippen LogP contribution is 2.25. The van der Waals surface area contributed by atoms with Gasteiger partial charge < -0.3 is 14.2 Å². The van der Waals surface area contributed by atoms with E-state index in [-0.39, 0.29) is 18.8 Å². The van der Waals surface area contributed by atoms with Crippen molar-refractivity contribution in [2.45, 2.75) is 6.42 Å². The van der Waals surface area contributed by atoms with E-state index in [0.29, 0.717) is 17.1 Å². The number of carbonyl (C=O) groups excluding carboxylic acids is 2. The second-order valence-corrected chi connectivity index (χ2v) is 5.97. The number of ketones is 1. The topological polar surface area (TPSA) is 61.8 Å². The predicted octanol–water partition coefficient (Wildman–Crippen LogP) is 3.83. The monoisotopic (exact) mass is 364 g/mol. The Morgan fingerprint density at radius 3 is 2.44 bits per heavy atom. The summed E-state index contributed by atoms with van der Waals surface area (Å²) in [6.07, 6.45) is 0.106. The van der Waals surface area contributed by atoms with Crippen LogP contribution in [0.3, 0.4) is 0 Å². The van der Waals surface area contributed by atoms with Crippen LogP contribution in [0.5, 0.6) is 11.5 Å². The van der Waals surface area contributed by atoms with Crippen molar-refractivity contribution >= 4 is 22.5 Å². The lowest BCUT2D eigenvalue weighted by atomic mass is 10.0. The molecule has 0 atom stereocenters. The summed E-state index contributed by atoms with van der Waals surface area (Å²) in [5.41, 5.74) is 1.21. The summed E-state index contributed by atoms with van der Waals surface area (Å²) in [5, 5.41) is 2.06. The third-order valence-corrected chi connectivity index (χ3v) is 4.29. The molecule has 0 N–H and O–H groups in total. The molecule has 0 spiro atoms. The third kappa shape index (κ3) is 4.26. The summed E-state index contributed by atoms with van der Waals surface area (Å²) in [5.74, 6) is 0.175. The molecule has 0 saturated heterocycles. The van der Waals surface area contributed by atoms with E-state index in [9.17, 15) is 9.59 Å². The normalized spacial score (nSPS) is 10.4. The molecule has 0 saturated carbocycles. The summed E-state index contributed by atoms with van der Waals surface area (Å²) in [6, 6.07) is 18.5. The Morgan fingerprint density at radius 2 is 1.67 bits per heavy atom. The maximum Gasteiger partial charge on any atom is 0.310 e. The molecule has 0 aliphatic heterocycles. The smallest absolute Gasteiger partial charge is 0.310 e. The Balaban J connectivity index is 1.66. The van der Waals surface area contributed by atoms with Gasteiger partial charge >= 0.3 is 5.97 Å². The highest BCUT2D eigenvalue weighted by atomic mass is 16.5. The summed E-state index contributed by atoms with van der Waals surface area (Å²) in [4.78, 5) is 24.6. The van der Waals surface area contributed by atoms with Gasteiger partial charge in [0.25, 0.3) is 0 Å². The number of rotatable bonds is 7. The summed E-state index contributed by atoms with van der Waals surface area (Å²) >= 11 is 0. The van der Waals surface area contributed by atoms with Crippen LogP contribution in [0.1, 0.15) is 15.9 Å². The molecule has 5 heteroatoms. The van der Waals surface area contributed by atoms with E-state index in [4.69, 9.17) is 14.2 Å². The van der Waals surface area contributed by atoms with Crippen molar-refractivity contribution in [3.05, 3.63) is 71.8 Å². The van der Waals surface area contributed by atoms with Gasteiger partial charge in [0.2, 0.25) is 5.78 Å². The number of carbonyl (C=O) groups is 2. The number of esters is 1. The number of ether oxygens (including phenoxy) is 3. The maximum atomic E-state index is 12.4. The number of Topliss-reactive ketones (excluding diaryl/α,β-unsaturated/α-hetero) is 1. The summed E-state index contributed by atoms with van der Waals surface area (Å²) in [6.45, 7) is -0.341. The van der Waals surface area contributed by atoms with Crippen molar-refractivity contribution < 1.29 is 23.8 Å². The molecule has 0 fully saturated rings. The molecule has 3 aromatic carbocycles. The van der Waals surface area contributed by atoms with E-state index in [2.05, 4.69) is 0 Å². The van der Waals surface area contributed by atoms with Crippen LogP contribution >= 0.6 is 0 Å². The lowest BCUT2D eigenvalue weighted by molar-refractivity contribution is -0.141. The quantitative estimate of drug-likeness (QED) is 0.471. The average Bonchev–Trinajstić information content (AvgIpc) is 2.71. The minimum Gasteiger partial charge on any atom is -0.497 e. The van der Waals surface area contributed by atoms with Gasteiger partial charge in [0.15, 0.2) is 6.61 Å². The molecule has 3 rings (SSSR count). The van der Waals surface area contributed by atoms with Crippen LogP contribution in [0, 0.1) is 0 Å². The molecule has 138 valence electrons. The largest absolute Gasteiger partial charge is 0.497 e. The van der Waals surface area contributed by atoms with Crippen molar-refractivity contribution in [3.63, 3.8) is 0 Å². The molecule has 0 aliphatic rings. The van der Waals surface area contributed by atoms with Crippen molar-refractivity contribution in [2.75, 3.05) is 20.8 Å². The Morgan fingerprint density at radius 1 is 0.889 bits per heavy atom. The van der Waals surface area contributed by atoms with Gasteiger partial charge in [0.05, 0.1) is 26.2 Å². The number of hydrogen-bond donors (Lipinski definition) is 0. The lowest BCUT2D eigenvalue weighted by Crippen LogP contribution is -2.16. The summed E-state index contributed by atoms with van der Waals surface area (Å²) in [7, 11) is 3.00. The highest BCUT2D eigenvalue weighted by Gasteiger charge is 2.16. The summed E-state index contributed by atoms with van der Waals surface area (Å²) < 4.78 is 15.5. The third-order valence-electron chi connectivity index (χ3n) is 4.29. The van der Waals surface area contributed by atoms with Crippen LogP contribution in [-0.4, -0.2) is 32.6 Å². The van der Waals surface area contributed by atoms with Crippen molar-refractivity contribution in [1.82, 2.24) is 0 Å². The minimum atomic E-state index is -0.452. The van der Waals surface area contributed by atoms with E-state index in [1.54, 1.807) is 18.2 Å². The van der Waals surface area contributed by atoms with Crippen molar-refractivity contribution in [3.8, 4) is 11.5 Å². The minimum absolute atomic E-state index is 0.106. The van der Waals surface area contributed by atoms with Crippen LogP contribution < -0.4 is 9.47 Å². The van der Waals surface area contributed by atoms with Gasteiger partial charge in [-0.25, -0.2) is 0 Å². The van der Waals surface area contributed by atoms with Crippen LogP contribution in [0.2, 0.25) is 0 Å². The van der Waals surface area contributed by atoms with Gasteiger partial charge in [0, 0.05) is 6.07 Å². The molecule has 3 aromatic rings. The van der Waals surface area contributed by atoms with Gasteiger partial charge in [-0.2, -0.15) is 0 Å².